The number of carboxylic acids is 1. The van der Waals surface area contributed by atoms with Gasteiger partial charge in [0.05, 0.1) is 11.8 Å². The van der Waals surface area contributed by atoms with E-state index in [1.807, 2.05) is 12.2 Å². The smallest absolute Gasteiger partial charge is 0.307 e. The number of allylic oxidation sites excluding steroid dienone is 2. The van der Waals surface area contributed by atoms with Crippen molar-refractivity contribution in [2.75, 3.05) is 11.5 Å². The molecule has 1 amide bonds. The second kappa shape index (κ2) is 5.31. The molecule has 0 aromatic heterocycles. The molecule has 2 aliphatic carbocycles. The lowest BCUT2D eigenvalue weighted by molar-refractivity contribution is -0.148. The van der Waals surface area contributed by atoms with Crippen LogP contribution in [0.3, 0.4) is 0 Å². The summed E-state index contributed by atoms with van der Waals surface area (Å²) >= 11 is 0. The van der Waals surface area contributed by atoms with Gasteiger partial charge in [0.1, 0.15) is 0 Å². The summed E-state index contributed by atoms with van der Waals surface area (Å²) in [4.78, 5) is 23.8. The highest BCUT2D eigenvalue weighted by molar-refractivity contribution is 7.85. The maximum Gasteiger partial charge on any atom is 0.307 e. The van der Waals surface area contributed by atoms with Gasteiger partial charge in [0.15, 0.2) is 0 Å². The summed E-state index contributed by atoms with van der Waals surface area (Å²) in [5.41, 5.74) is 0. The highest BCUT2D eigenvalue weighted by Gasteiger charge is 2.51. The Morgan fingerprint density at radius 3 is 2.30 bits per heavy atom. The SMILES string of the molecule is O=C(O)[C@@H]1C2C=CC(C2)[C@@H]1C(=O)NC1CCS(=O)CC1. The number of aliphatic carboxylic acids is 1. The van der Waals surface area contributed by atoms with Crippen LogP contribution in [0.4, 0.5) is 0 Å². The number of carboxylic acid groups (broad SMARTS) is 1. The zero-order valence-corrected chi connectivity index (χ0v) is 12.0. The van der Waals surface area contributed by atoms with Crippen molar-refractivity contribution < 1.29 is 18.9 Å². The van der Waals surface area contributed by atoms with Gasteiger partial charge in [-0.1, -0.05) is 12.2 Å². The van der Waals surface area contributed by atoms with Crippen LogP contribution >= 0.6 is 0 Å². The van der Waals surface area contributed by atoms with Gasteiger partial charge in [-0.3, -0.25) is 13.8 Å². The van der Waals surface area contributed by atoms with E-state index < -0.39 is 28.6 Å². The fourth-order valence-corrected chi connectivity index (χ4v) is 5.05. The molecular weight excluding hydrogens is 278 g/mol. The van der Waals surface area contributed by atoms with Crippen molar-refractivity contribution in [1.82, 2.24) is 5.32 Å². The number of nitrogens with one attached hydrogen (secondary N) is 1. The molecule has 6 heteroatoms. The molecule has 0 spiro atoms. The Morgan fingerprint density at radius 1 is 1.10 bits per heavy atom. The number of carbonyl (C=O) groups excluding carboxylic acids is 1. The first-order valence-electron chi connectivity index (χ1n) is 7.12. The second-order valence-corrected chi connectivity index (χ2v) is 7.67. The summed E-state index contributed by atoms with van der Waals surface area (Å²) in [6.07, 6.45) is 6.17. The van der Waals surface area contributed by atoms with E-state index in [9.17, 15) is 18.9 Å². The minimum absolute atomic E-state index is 0.00658. The first kappa shape index (κ1) is 13.8. The molecule has 3 rings (SSSR count). The van der Waals surface area contributed by atoms with Gasteiger partial charge in [-0.15, -0.1) is 0 Å². The third-order valence-electron chi connectivity index (χ3n) is 4.78. The topological polar surface area (TPSA) is 83.5 Å². The first-order chi connectivity index (χ1) is 9.56. The maximum absolute atomic E-state index is 12.4. The molecule has 2 bridgehead atoms. The summed E-state index contributed by atoms with van der Waals surface area (Å²) in [6.45, 7) is 0. The van der Waals surface area contributed by atoms with Crippen LogP contribution in [0.5, 0.6) is 0 Å². The van der Waals surface area contributed by atoms with Gasteiger partial charge in [-0.2, -0.15) is 0 Å². The van der Waals surface area contributed by atoms with Crippen molar-refractivity contribution in [1.29, 1.82) is 0 Å². The van der Waals surface area contributed by atoms with Crippen molar-refractivity contribution in [3.05, 3.63) is 12.2 Å². The molecule has 2 fully saturated rings. The molecule has 1 aliphatic heterocycles. The normalized spacial score (nSPS) is 42.6. The first-order valence-corrected chi connectivity index (χ1v) is 8.61. The number of rotatable bonds is 3. The van der Waals surface area contributed by atoms with E-state index in [1.54, 1.807) is 0 Å². The number of fused-ring (bicyclic) bond motifs is 2. The van der Waals surface area contributed by atoms with Gasteiger partial charge < -0.3 is 10.4 Å². The molecule has 4 atom stereocenters. The summed E-state index contributed by atoms with van der Waals surface area (Å²) in [5.74, 6) is -0.685. The van der Waals surface area contributed by atoms with Crippen LogP contribution < -0.4 is 5.32 Å². The fraction of sp³-hybridized carbons (Fsp3) is 0.714. The van der Waals surface area contributed by atoms with Crippen LogP contribution in [0.2, 0.25) is 0 Å². The molecule has 110 valence electrons. The molecule has 0 aromatic rings. The zero-order chi connectivity index (χ0) is 14.3. The Labute approximate surface area is 120 Å². The lowest BCUT2D eigenvalue weighted by Gasteiger charge is -2.28. The van der Waals surface area contributed by atoms with Crippen LogP contribution in [0.15, 0.2) is 12.2 Å². The molecule has 3 aliphatic rings. The van der Waals surface area contributed by atoms with Crippen LogP contribution in [0, 0.1) is 23.7 Å². The van der Waals surface area contributed by atoms with E-state index >= 15 is 0 Å². The lowest BCUT2D eigenvalue weighted by atomic mass is 9.82. The van der Waals surface area contributed by atoms with Crippen LogP contribution in [0.1, 0.15) is 19.3 Å². The Kier molecular flexibility index (Phi) is 3.67. The Bertz CT molecular complexity index is 480. The molecular formula is C14H19NO4S. The van der Waals surface area contributed by atoms with E-state index in [0.29, 0.717) is 11.5 Å². The average Bonchev–Trinajstić information content (AvgIpc) is 3.01. The molecule has 1 heterocycles. The summed E-state index contributed by atoms with van der Waals surface area (Å²) in [6, 6.07) is 0.0535. The molecule has 2 unspecified atom stereocenters. The lowest BCUT2D eigenvalue weighted by Crippen LogP contribution is -2.46. The highest BCUT2D eigenvalue weighted by atomic mass is 32.2. The summed E-state index contributed by atoms with van der Waals surface area (Å²) in [5, 5.41) is 12.3. The fourth-order valence-electron chi connectivity index (χ4n) is 3.75. The van der Waals surface area contributed by atoms with E-state index in [4.69, 9.17) is 0 Å². The molecule has 5 nitrogen and oxygen atoms in total. The summed E-state index contributed by atoms with van der Waals surface area (Å²) < 4.78 is 11.3. The number of amides is 1. The van der Waals surface area contributed by atoms with Gasteiger partial charge in [0.2, 0.25) is 5.91 Å². The third-order valence-corrected chi connectivity index (χ3v) is 6.16. The Morgan fingerprint density at radius 2 is 1.70 bits per heavy atom. The molecule has 1 saturated heterocycles. The van der Waals surface area contributed by atoms with Crippen molar-refractivity contribution in [2.24, 2.45) is 23.7 Å². The van der Waals surface area contributed by atoms with E-state index in [2.05, 4.69) is 5.32 Å². The zero-order valence-electron chi connectivity index (χ0n) is 11.2. The molecule has 1 saturated carbocycles. The van der Waals surface area contributed by atoms with Gasteiger partial charge in [0, 0.05) is 28.3 Å². The summed E-state index contributed by atoms with van der Waals surface area (Å²) in [7, 11) is -0.750. The van der Waals surface area contributed by atoms with E-state index in [1.165, 1.54) is 0 Å². The van der Waals surface area contributed by atoms with Gasteiger partial charge >= 0.3 is 5.97 Å². The molecule has 0 radical (unpaired) electrons. The minimum atomic E-state index is -0.869. The molecule has 0 aromatic carbocycles. The van der Waals surface area contributed by atoms with E-state index in [0.717, 1.165) is 19.3 Å². The highest BCUT2D eigenvalue weighted by Crippen LogP contribution is 2.48. The third kappa shape index (κ3) is 2.41. The monoisotopic (exact) mass is 297 g/mol. The second-order valence-electron chi connectivity index (χ2n) is 5.97. The van der Waals surface area contributed by atoms with Crippen molar-refractivity contribution in [3.8, 4) is 0 Å². The van der Waals surface area contributed by atoms with Gasteiger partial charge in [0.25, 0.3) is 0 Å². The number of hydrogen-bond donors (Lipinski definition) is 2. The Hall–Kier alpha value is -1.17. The minimum Gasteiger partial charge on any atom is -0.481 e. The molecule has 20 heavy (non-hydrogen) atoms. The quantitative estimate of drug-likeness (QED) is 0.745. The van der Waals surface area contributed by atoms with Gasteiger partial charge in [-0.05, 0) is 31.1 Å². The number of carbonyl (C=O) groups is 2. The Balaban J connectivity index is 1.66. The van der Waals surface area contributed by atoms with Crippen molar-refractivity contribution in [2.45, 2.75) is 25.3 Å². The number of hydrogen-bond acceptors (Lipinski definition) is 3. The maximum atomic E-state index is 12.4. The largest absolute Gasteiger partial charge is 0.481 e. The van der Waals surface area contributed by atoms with Crippen molar-refractivity contribution in [3.63, 3.8) is 0 Å². The standard InChI is InChI=1S/C14H19NO4S/c16-13(15-10-3-5-20(19)6-4-10)11-8-1-2-9(7-8)12(11)14(17)18/h1-2,8-12H,3-7H2,(H,15,16)(H,17,18)/t8?,9?,10?,11-,12+,20?/m0/s1. The van der Waals surface area contributed by atoms with Gasteiger partial charge in [-0.25, -0.2) is 0 Å². The van der Waals surface area contributed by atoms with Crippen LogP contribution in [-0.2, 0) is 20.4 Å². The molecule has 2 N–H and O–H groups in total. The predicted molar refractivity (Wildman–Crippen MR) is 74.4 cm³/mol. The van der Waals surface area contributed by atoms with Crippen molar-refractivity contribution >= 4 is 22.7 Å². The van der Waals surface area contributed by atoms with E-state index in [-0.39, 0.29) is 23.8 Å². The average molecular weight is 297 g/mol. The van der Waals surface area contributed by atoms with Crippen LogP contribution in [-0.4, -0.2) is 38.7 Å². The predicted octanol–water partition coefficient (Wildman–Crippen LogP) is 0.537. The van der Waals surface area contributed by atoms with Crippen LogP contribution in [0.25, 0.3) is 0 Å².